The Morgan fingerprint density at radius 3 is 1.09 bits per heavy atom. The fraction of sp³-hybridized carbons (Fsp3) is 0.683. The van der Waals surface area contributed by atoms with Crippen LogP contribution in [0, 0.1) is 42.9 Å². The highest BCUT2D eigenvalue weighted by molar-refractivity contribution is 8.12. The second-order valence-electron chi connectivity index (χ2n) is 22.6. The normalized spacial score (nSPS) is 13.0. The molecule has 0 aliphatic heterocycles. The highest BCUT2D eigenvalue weighted by Crippen LogP contribution is 2.32. The molecule has 0 saturated carbocycles. The van der Waals surface area contributed by atoms with Gasteiger partial charge in [-0.25, -0.2) is 29.6 Å². The lowest BCUT2D eigenvalue weighted by Gasteiger charge is -2.32. The van der Waals surface area contributed by atoms with E-state index in [9.17, 15) is 34.2 Å². The standard InChI is InChI=1S/C12H25.C11H24NO4S2.C10H21FO3S.3C9H13S/c1-6-11(7-2)9-10-12(4,5)8-3;1-5-9-17(13,14)12-18(15,16)10-7-8-11(3,4)6-2;1-5-9(2,3)7-6-8-10(4,11)15(12,13)14;3*1-8-5-4-6-9(7-8)10(2)3/h6-10H2,1-5H3;5-10H2,1-4H3;5-8H2,1-4H3,(H,12,13,14);3*4-7H,1-3H3/q2*-1;;3*+1/p-1. The zero-order valence-corrected chi connectivity index (χ0v) is 56.1. The molecule has 0 aliphatic carbocycles. The maximum Gasteiger partial charge on any atom is 0.196 e. The van der Waals surface area contributed by atoms with Crippen LogP contribution in [0.25, 0.3) is 4.13 Å². The molecular weight excluding hydrogens is 1060 g/mol. The SMILES string of the molecule is CCC(C)(C)CCCC(C)(F)S(=O)(=O)[O-].CCCS(=O)(=O)[N-]S(=O)(=O)CCCC(C)(C)CC.CC[C-](CC)CCC(C)(C)CC.Cc1cccc([S+](C)C)c1.Cc1cccc([S+](C)C)c1.Cc1cccc([S+](C)C)c1. The van der Waals surface area contributed by atoms with Crippen LogP contribution >= 0.6 is 0 Å². The summed E-state index contributed by atoms with van der Waals surface area (Å²) in [5, 5.41) is -2.63. The number of rotatable bonds is 24. The summed E-state index contributed by atoms with van der Waals surface area (Å²) in [4.78, 5) is 4.38. The number of benzene rings is 3. The van der Waals surface area contributed by atoms with Gasteiger partial charge in [0.15, 0.2) is 19.7 Å². The smallest absolute Gasteiger partial charge is 0.196 e. The van der Waals surface area contributed by atoms with Gasteiger partial charge < -0.3 is 14.6 Å². The number of hydrogen-bond acceptors (Lipinski definition) is 7. The minimum Gasteiger partial charge on any atom is -0.745 e. The Balaban J connectivity index is -0.000000841. The molecule has 1 atom stereocenters. The minimum atomic E-state index is -4.84. The second-order valence-corrected chi connectivity index (χ2v) is 34.4. The first-order valence-electron chi connectivity index (χ1n) is 26.8. The Morgan fingerprint density at radius 1 is 0.507 bits per heavy atom. The molecule has 0 radical (unpaired) electrons. The van der Waals surface area contributed by atoms with Crippen LogP contribution in [0.5, 0.6) is 0 Å². The van der Waals surface area contributed by atoms with Gasteiger partial charge in [-0.2, -0.15) is 19.3 Å². The van der Waals surface area contributed by atoms with Crippen molar-refractivity contribution in [3.63, 3.8) is 0 Å². The Bertz CT molecular complexity index is 2190. The summed E-state index contributed by atoms with van der Waals surface area (Å²) in [5.41, 5.74) is 4.78. The van der Waals surface area contributed by atoms with Gasteiger partial charge in [-0.1, -0.05) is 145 Å². The fourth-order valence-electron chi connectivity index (χ4n) is 6.50. The number of halogens is 1. The van der Waals surface area contributed by atoms with Crippen molar-refractivity contribution in [2.45, 2.75) is 214 Å². The average molecular weight is 1170 g/mol. The molecule has 0 fully saturated rings. The second kappa shape index (κ2) is 38.1. The first kappa shape index (κ1) is 77.6. The molecule has 3 aromatic carbocycles. The minimum absolute atomic E-state index is 0.0721. The number of aryl methyl sites for hydroxylation is 3. The lowest BCUT2D eigenvalue weighted by molar-refractivity contribution is 0.222. The first-order valence-corrected chi connectivity index (χ1v) is 37.6. The Kier molecular flexibility index (Phi) is 39.5. The summed E-state index contributed by atoms with van der Waals surface area (Å²) < 4.78 is 93.8. The molecule has 438 valence electrons. The molecule has 0 saturated heterocycles. The van der Waals surface area contributed by atoms with E-state index in [1.165, 1.54) is 63.5 Å². The molecule has 0 N–H and O–H groups in total. The van der Waals surface area contributed by atoms with Crippen molar-refractivity contribution >= 4 is 62.8 Å². The lowest BCUT2D eigenvalue weighted by atomic mass is 9.81. The summed E-state index contributed by atoms with van der Waals surface area (Å²) >= 11 is 0. The monoisotopic (exact) mass is 1170 g/mol. The Hall–Kier alpha value is -1.59. The molecule has 3 rings (SSSR count). The van der Waals surface area contributed by atoms with Gasteiger partial charge in [0.05, 0.1) is 20.0 Å². The van der Waals surface area contributed by atoms with E-state index in [1.807, 2.05) is 27.7 Å². The molecule has 0 aliphatic rings. The highest BCUT2D eigenvalue weighted by Gasteiger charge is 2.31. The Morgan fingerprint density at radius 2 is 0.827 bits per heavy atom. The van der Waals surface area contributed by atoms with E-state index >= 15 is 0 Å². The summed E-state index contributed by atoms with van der Waals surface area (Å²) in [6, 6.07) is 26.1. The fourth-order valence-corrected chi connectivity index (χ4v) is 12.2. The van der Waals surface area contributed by atoms with E-state index in [0.29, 0.717) is 57.4 Å². The van der Waals surface area contributed by atoms with Crippen molar-refractivity contribution < 1.29 is 34.2 Å². The maximum atomic E-state index is 13.4. The quantitative estimate of drug-likeness (QED) is 0.0494. The van der Waals surface area contributed by atoms with Gasteiger partial charge in [0.1, 0.15) is 47.7 Å². The first-order chi connectivity index (χ1) is 34.2. The molecular formula is C60H108FNO7S6. The third-order valence-corrected chi connectivity index (χ3v) is 21.7. The molecule has 0 bridgehead atoms. The number of hydrogen-bond donors (Lipinski definition) is 0. The average Bonchev–Trinajstić information content (AvgIpc) is 3.29. The van der Waals surface area contributed by atoms with Crippen molar-refractivity contribution in [3.8, 4) is 0 Å². The van der Waals surface area contributed by atoms with E-state index in [4.69, 9.17) is 0 Å². The van der Waals surface area contributed by atoms with E-state index in [1.54, 1.807) is 12.8 Å². The molecule has 75 heavy (non-hydrogen) atoms. The number of nitrogens with zero attached hydrogens (tertiary/aromatic N) is 1. The maximum absolute atomic E-state index is 13.4. The van der Waals surface area contributed by atoms with Crippen molar-refractivity contribution in [2.75, 3.05) is 49.0 Å². The van der Waals surface area contributed by atoms with Crippen LogP contribution in [0.15, 0.2) is 87.5 Å². The zero-order valence-electron chi connectivity index (χ0n) is 51.2. The molecule has 15 heteroatoms. The summed E-state index contributed by atoms with van der Waals surface area (Å²) in [7, 11) is -11.3. The van der Waals surface area contributed by atoms with Crippen LogP contribution in [-0.2, 0) is 62.8 Å². The lowest BCUT2D eigenvalue weighted by Crippen LogP contribution is -2.30. The molecule has 1 unspecified atom stereocenters. The van der Waals surface area contributed by atoms with E-state index in [0.717, 1.165) is 32.6 Å². The van der Waals surface area contributed by atoms with Gasteiger partial charge in [0.2, 0.25) is 0 Å². The van der Waals surface area contributed by atoms with Crippen molar-refractivity contribution in [1.29, 1.82) is 0 Å². The predicted octanol–water partition coefficient (Wildman–Crippen LogP) is 16.8. The van der Waals surface area contributed by atoms with Gasteiger partial charge in [0, 0.05) is 44.2 Å². The summed E-state index contributed by atoms with van der Waals surface area (Å²) in [5.74, 6) is 1.32. The zero-order chi connectivity index (χ0) is 59.1. The van der Waals surface area contributed by atoms with Gasteiger partial charge >= 0.3 is 0 Å². The predicted molar refractivity (Wildman–Crippen MR) is 335 cm³/mol. The topological polar surface area (TPSA) is 140 Å². The van der Waals surface area contributed by atoms with Gasteiger partial charge in [-0.05, 0) is 136 Å². The molecule has 0 amide bonds. The van der Waals surface area contributed by atoms with Crippen LogP contribution in [-0.4, -0.2) is 83.8 Å². The third kappa shape index (κ3) is 40.3. The summed E-state index contributed by atoms with van der Waals surface area (Å²) in [6.45, 7) is 32.8. The van der Waals surface area contributed by atoms with E-state index in [2.05, 4.69) is 184 Å². The van der Waals surface area contributed by atoms with Crippen LogP contribution < -0.4 is 0 Å². The Labute approximate surface area is 472 Å². The van der Waals surface area contributed by atoms with Crippen molar-refractivity contribution in [3.05, 3.63) is 99.5 Å². The van der Waals surface area contributed by atoms with Crippen LogP contribution in [0.1, 0.15) is 190 Å². The number of sulfonamides is 2. The van der Waals surface area contributed by atoms with E-state index in [-0.39, 0.29) is 28.8 Å². The van der Waals surface area contributed by atoms with Crippen LogP contribution in [0.2, 0.25) is 0 Å². The molecule has 8 nitrogen and oxygen atoms in total. The molecule has 3 aromatic rings. The summed E-state index contributed by atoms with van der Waals surface area (Å²) in [6.07, 6.45) is 24.4. The van der Waals surface area contributed by atoms with Crippen LogP contribution in [0.3, 0.4) is 0 Å². The van der Waals surface area contributed by atoms with Crippen LogP contribution in [0.4, 0.5) is 4.39 Å². The van der Waals surface area contributed by atoms with Gasteiger partial charge in [0.25, 0.3) is 0 Å². The molecule has 0 heterocycles. The van der Waals surface area contributed by atoms with E-state index < -0.39 is 35.2 Å². The van der Waals surface area contributed by atoms with Gasteiger partial charge in [-0.15, -0.1) is 0 Å². The molecule has 0 aromatic heterocycles. The molecule has 0 spiro atoms. The van der Waals surface area contributed by atoms with Crippen molar-refractivity contribution in [2.24, 2.45) is 16.2 Å². The van der Waals surface area contributed by atoms with Gasteiger partial charge in [-0.3, -0.25) is 0 Å². The highest BCUT2D eigenvalue weighted by atomic mass is 32.3. The largest absolute Gasteiger partial charge is 0.745 e. The number of alkyl halides is 1. The van der Waals surface area contributed by atoms with Crippen molar-refractivity contribution in [1.82, 2.24) is 0 Å². The third-order valence-electron chi connectivity index (χ3n) is 13.4.